The predicted octanol–water partition coefficient (Wildman–Crippen LogP) is 11.6. The molecule has 0 amide bonds. The van der Waals surface area contributed by atoms with Crippen molar-refractivity contribution in [3.8, 4) is 34.1 Å². The van der Waals surface area contributed by atoms with Crippen LogP contribution in [-0.2, 0) is 33.9 Å². The molecule has 0 N–H and O–H groups in total. The standard InChI is InChI=1S/C45H46N4O.Pt/c1-9-39-44(32-15-12-11-13-16-32)40(10-2)49(47-39)34-17-14-18-35(27-34)50-36-20-21-37-38-26-33(30(4)31(5)45(6,7)8)19-22-41(38)48(42(37)28-36)43-25-29(3)23-24-46-43;/h11-26,30-31H,9-10H2,1-8H3;/q-2;+2. The molecule has 0 bridgehead atoms. The monoisotopic (exact) mass is 853 g/mol. The van der Waals surface area contributed by atoms with Crippen LogP contribution in [0.4, 0.5) is 0 Å². The SMILES string of the molecule is CCc1nn(-c2[c-]c(Oc3[c-]c4c(cc3)c3cc(C(C)C(C)C(C)(C)C)ccc3n4-c3cc(C)ccn3)ccc2)c(CC)c1-c1ccccc1.[Pt+2]. The number of benzene rings is 4. The first-order chi connectivity index (χ1) is 24.1. The van der Waals surface area contributed by atoms with Crippen molar-refractivity contribution in [3.63, 3.8) is 0 Å². The van der Waals surface area contributed by atoms with E-state index in [0.717, 1.165) is 57.7 Å². The zero-order valence-electron chi connectivity index (χ0n) is 30.8. The molecule has 0 fully saturated rings. The Morgan fingerprint density at radius 3 is 2.27 bits per heavy atom. The average Bonchev–Trinajstić information content (AvgIpc) is 3.66. The number of pyridine rings is 1. The van der Waals surface area contributed by atoms with E-state index in [1.165, 1.54) is 22.1 Å². The minimum Gasteiger partial charge on any atom is -0.509 e. The fourth-order valence-corrected chi connectivity index (χ4v) is 7.16. The third kappa shape index (κ3) is 6.94. The Hall–Kier alpha value is -4.47. The van der Waals surface area contributed by atoms with Crippen molar-refractivity contribution >= 4 is 21.8 Å². The summed E-state index contributed by atoms with van der Waals surface area (Å²) in [6, 6.07) is 38.9. The van der Waals surface area contributed by atoms with Gasteiger partial charge >= 0.3 is 21.1 Å². The van der Waals surface area contributed by atoms with Crippen LogP contribution in [0.25, 0.3) is 44.4 Å². The fourth-order valence-electron chi connectivity index (χ4n) is 7.16. The van der Waals surface area contributed by atoms with Gasteiger partial charge in [-0.1, -0.05) is 96.4 Å². The Kier molecular flexibility index (Phi) is 10.4. The van der Waals surface area contributed by atoms with Gasteiger partial charge in [-0.05, 0) is 83.0 Å². The summed E-state index contributed by atoms with van der Waals surface area (Å²) in [4.78, 5) is 4.80. The molecule has 0 saturated carbocycles. The molecule has 0 radical (unpaired) electrons. The van der Waals surface area contributed by atoms with Crippen LogP contribution in [0.3, 0.4) is 0 Å². The summed E-state index contributed by atoms with van der Waals surface area (Å²) in [6.45, 7) is 18.1. The van der Waals surface area contributed by atoms with Crippen LogP contribution in [0.2, 0.25) is 0 Å². The summed E-state index contributed by atoms with van der Waals surface area (Å²) in [7, 11) is 0. The average molecular weight is 854 g/mol. The topological polar surface area (TPSA) is 44.9 Å². The smallest absolute Gasteiger partial charge is 0.509 e. The van der Waals surface area contributed by atoms with E-state index in [1.807, 2.05) is 41.2 Å². The van der Waals surface area contributed by atoms with Crippen molar-refractivity contribution in [2.75, 3.05) is 0 Å². The zero-order valence-corrected chi connectivity index (χ0v) is 33.1. The molecule has 7 rings (SSSR count). The van der Waals surface area contributed by atoms with E-state index in [1.54, 1.807) is 0 Å². The summed E-state index contributed by atoms with van der Waals surface area (Å²) in [5, 5.41) is 7.38. The summed E-state index contributed by atoms with van der Waals surface area (Å²) < 4.78 is 10.8. The number of ether oxygens (including phenoxy) is 1. The minimum absolute atomic E-state index is 0. The van der Waals surface area contributed by atoms with Gasteiger partial charge in [0.2, 0.25) is 0 Å². The molecular formula is C45H46N4OPt. The van der Waals surface area contributed by atoms with E-state index in [0.29, 0.717) is 23.3 Å². The third-order valence-corrected chi connectivity index (χ3v) is 10.4. The molecule has 2 unspecified atom stereocenters. The Morgan fingerprint density at radius 2 is 1.57 bits per heavy atom. The van der Waals surface area contributed by atoms with E-state index < -0.39 is 0 Å². The summed E-state index contributed by atoms with van der Waals surface area (Å²) >= 11 is 0. The summed E-state index contributed by atoms with van der Waals surface area (Å²) in [5.41, 5.74) is 10.2. The summed E-state index contributed by atoms with van der Waals surface area (Å²) in [6.07, 6.45) is 3.56. The molecule has 0 aliphatic heterocycles. The molecule has 0 spiro atoms. The van der Waals surface area contributed by atoms with Gasteiger partial charge in [-0.25, -0.2) is 4.98 Å². The Bertz CT molecular complexity index is 2310. The number of rotatable bonds is 9. The van der Waals surface area contributed by atoms with Crippen molar-refractivity contribution < 1.29 is 25.8 Å². The van der Waals surface area contributed by atoms with Crippen molar-refractivity contribution in [2.24, 2.45) is 11.3 Å². The zero-order chi connectivity index (χ0) is 35.2. The Morgan fingerprint density at radius 1 is 0.804 bits per heavy atom. The maximum absolute atomic E-state index is 6.53. The van der Waals surface area contributed by atoms with Gasteiger partial charge in [0.05, 0.1) is 5.69 Å². The van der Waals surface area contributed by atoms with Gasteiger partial charge in [0.25, 0.3) is 0 Å². The molecule has 3 aromatic heterocycles. The molecule has 6 heteroatoms. The molecule has 5 nitrogen and oxygen atoms in total. The molecule has 4 aromatic carbocycles. The van der Waals surface area contributed by atoms with Crippen LogP contribution in [0.1, 0.15) is 76.9 Å². The van der Waals surface area contributed by atoms with Crippen molar-refractivity contribution in [1.82, 2.24) is 19.3 Å². The van der Waals surface area contributed by atoms with E-state index in [-0.39, 0.29) is 26.5 Å². The predicted molar refractivity (Wildman–Crippen MR) is 206 cm³/mol. The fraction of sp³-hybridized carbons (Fsp3) is 0.289. The second-order valence-electron chi connectivity index (χ2n) is 14.6. The number of hydrogen-bond donors (Lipinski definition) is 0. The first kappa shape index (κ1) is 36.3. The van der Waals surface area contributed by atoms with Crippen LogP contribution in [0, 0.1) is 30.4 Å². The molecule has 51 heavy (non-hydrogen) atoms. The van der Waals surface area contributed by atoms with E-state index >= 15 is 0 Å². The summed E-state index contributed by atoms with van der Waals surface area (Å²) in [5.74, 6) is 3.01. The van der Waals surface area contributed by atoms with Gasteiger partial charge in [0.15, 0.2) is 0 Å². The molecule has 262 valence electrons. The quantitative estimate of drug-likeness (QED) is 0.136. The molecule has 7 aromatic rings. The second kappa shape index (κ2) is 14.6. The molecular weight excluding hydrogens is 808 g/mol. The number of hydrogen-bond acceptors (Lipinski definition) is 3. The van der Waals surface area contributed by atoms with Crippen molar-refractivity contribution in [1.29, 1.82) is 0 Å². The van der Waals surface area contributed by atoms with Gasteiger partial charge in [-0.3, -0.25) is 4.68 Å². The third-order valence-electron chi connectivity index (χ3n) is 10.4. The van der Waals surface area contributed by atoms with E-state index in [9.17, 15) is 0 Å². The maximum atomic E-state index is 6.53. The number of aromatic nitrogens is 4. The number of nitrogens with zero attached hydrogens (tertiary/aromatic N) is 4. The molecule has 3 heterocycles. The van der Waals surface area contributed by atoms with Crippen LogP contribution in [-0.4, -0.2) is 19.3 Å². The van der Waals surface area contributed by atoms with Crippen LogP contribution in [0.5, 0.6) is 11.5 Å². The first-order valence-electron chi connectivity index (χ1n) is 17.9. The largest absolute Gasteiger partial charge is 2.00 e. The van der Waals surface area contributed by atoms with Gasteiger partial charge in [0.1, 0.15) is 5.82 Å². The van der Waals surface area contributed by atoms with Crippen LogP contribution >= 0.6 is 0 Å². The van der Waals surface area contributed by atoms with Crippen LogP contribution < -0.4 is 4.74 Å². The van der Waals surface area contributed by atoms with Crippen molar-refractivity contribution in [3.05, 3.63) is 132 Å². The molecule has 0 saturated heterocycles. The number of aryl methyl sites for hydroxylation is 2. The Labute approximate surface area is 317 Å². The van der Waals surface area contributed by atoms with E-state index in [2.05, 4.69) is 133 Å². The first-order valence-corrected chi connectivity index (χ1v) is 17.9. The number of fused-ring (bicyclic) bond motifs is 3. The van der Waals surface area contributed by atoms with Gasteiger partial charge in [0, 0.05) is 34.5 Å². The van der Waals surface area contributed by atoms with E-state index in [4.69, 9.17) is 14.8 Å². The van der Waals surface area contributed by atoms with Crippen molar-refractivity contribution in [2.45, 2.75) is 74.1 Å². The second-order valence-corrected chi connectivity index (χ2v) is 14.6. The van der Waals surface area contributed by atoms with Gasteiger partial charge < -0.3 is 9.30 Å². The Balaban J connectivity index is 0.00000448. The molecule has 0 aliphatic carbocycles. The minimum atomic E-state index is 0. The maximum Gasteiger partial charge on any atom is 2.00 e. The van der Waals surface area contributed by atoms with Crippen LogP contribution in [0.15, 0.2) is 97.2 Å². The normalized spacial score (nSPS) is 12.9. The molecule has 0 aliphatic rings. The molecule has 2 atom stereocenters. The van der Waals surface area contributed by atoms with Gasteiger partial charge in [-0.2, -0.15) is 17.2 Å². The van der Waals surface area contributed by atoms with Gasteiger partial charge in [-0.15, -0.1) is 35.7 Å².